The molecule has 0 aliphatic carbocycles. The van der Waals surface area contributed by atoms with Crippen LogP contribution in [-0.4, -0.2) is 43.2 Å². The van der Waals surface area contributed by atoms with Gasteiger partial charge in [-0.05, 0) is 36.8 Å². The van der Waals surface area contributed by atoms with Crippen molar-refractivity contribution in [3.8, 4) is 40.5 Å². The number of aromatic nitrogens is 2. The van der Waals surface area contributed by atoms with Gasteiger partial charge < -0.3 is 29.8 Å². The van der Waals surface area contributed by atoms with Gasteiger partial charge in [-0.15, -0.1) is 5.10 Å². The summed E-state index contributed by atoms with van der Waals surface area (Å²) in [6.45, 7) is 1.93. The third-order valence-corrected chi connectivity index (χ3v) is 5.91. The van der Waals surface area contributed by atoms with E-state index in [-0.39, 0.29) is 23.9 Å². The number of rotatable bonds is 5. The first-order chi connectivity index (χ1) is 16.8. The molecule has 184 valence electrons. The van der Waals surface area contributed by atoms with Gasteiger partial charge in [0.2, 0.25) is 17.5 Å². The lowest BCUT2D eigenvalue weighted by atomic mass is 9.83. The molecule has 0 fully saturated rings. The van der Waals surface area contributed by atoms with Crippen molar-refractivity contribution >= 4 is 23.2 Å². The number of aliphatic hydroxyl groups excluding tert-OH is 1. The molecule has 35 heavy (non-hydrogen) atoms. The summed E-state index contributed by atoms with van der Waals surface area (Å²) in [7, 11) is 4.59. The van der Waals surface area contributed by atoms with Crippen molar-refractivity contribution in [2.75, 3.05) is 27.9 Å². The highest BCUT2D eigenvalue weighted by Crippen LogP contribution is 2.48. The van der Waals surface area contributed by atoms with Crippen LogP contribution >= 0.6 is 23.2 Å². The van der Waals surface area contributed by atoms with Crippen LogP contribution in [0.25, 0.3) is 11.3 Å². The second-order valence-corrected chi connectivity index (χ2v) is 7.96. The molecule has 1 unspecified atom stereocenters. The SMILES string of the molecule is CCO.COc1cc(-c2[nH]nc3c2C(c2ccc(Cl)c(Cl)c2)C(C#N)=C(N)O3)cc(OC)c1OC. The molecule has 2 aromatic carbocycles. The molecule has 1 aromatic heterocycles. The van der Waals surface area contributed by atoms with Crippen molar-refractivity contribution < 1.29 is 24.1 Å². The summed E-state index contributed by atoms with van der Waals surface area (Å²) in [4.78, 5) is 0. The predicted octanol–water partition coefficient (Wildman–Crippen LogP) is 4.63. The van der Waals surface area contributed by atoms with E-state index in [4.69, 9.17) is 53.0 Å². The van der Waals surface area contributed by atoms with Crippen molar-refractivity contribution in [2.45, 2.75) is 12.8 Å². The number of hydrogen-bond acceptors (Lipinski definition) is 8. The fourth-order valence-corrected chi connectivity index (χ4v) is 4.02. The molecule has 1 atom stereocenters. The average Bonchev–Trinajstić information content (AvgIpc) is 3.27. The smallest absolute Gasteiger partial charge is 0.244 e. The Kier molecular flexibility index (Phi) is 8.35. The summed E-state index contributed by atoms with van der Waals surface area (Å²) >= 11 is 12.4. The Morgan fingerprint density at radius 2 is 1.74 bits per heavy atom. The molecule has 4 N–H and O–H groups in total. The maximum atomic E-state index is 9.86. The molecule has 3 aromatic rings. The van der Waals surface area contributed by atoms with E-state index >= 15 is 0 Å². The summed E-state index contributed by atoms with van der Waals surface area (Å²) in [6.07, 6.45) is 0. The highest BCUT2D eigenvalue weighted by Gasteiger charge is 2.36. The number of hydrogen-bond donors (Lipinski definition) is 3. The topological polar surface area (TPSA) is 136 Å². The number of benzene rings is 2. The van der Waals surface area contributed by atoms with E-state index in [9.17, 15) is 5.26 Å². The molecule has 1 aliphatic heterocycles. The quantitative estimate of drug-likeness (QED) is 0.444. The normalized spacial score (nSPS) is 14.2. The van der Waals surface area contributed by atoms with Gasteiger partial charge in [-0.1, -0.05) is 29.3 Å². The standard InChI is InChI=1S/C22H18Cl2N4O4.C2H6O/c1-29-15-7-11(8-16(30-2)20(15)31-3)19-18-17(10-4-5-13(23)14(24)6-10)12(9-25)21(26)32-22(18)28-27-19;1-2-3/h4-8,17H,26H2,1-3H3,(H,27,28);3H,2H2,1H3. The van der Waals surface area contributed by atoms with Crippen molar-refractivity contribution in [1.29, 1.82) is 5.26 Å². The van der Waals surface area contributed by atoms with Gasteiger partial charge in [0.25, 0.3) is 0 Å². The largest absolute Gasteiger partial charge is 0.493 e. The number of aliphatic hydroxyl groups is 1. The van der Waals surface area contributed by atoms with Crippen LogP contribution in [0.1, 0.15) is 24.0 Å². The van der Waals surface area contributed by atoms with Crippen molar-refractivity contribution in [3.05, 3.63) is 63.0 Å². The predicted molar refractivity (Wildman–Crippen MR) is 132 cm³/mol. The first-order valence-electron chi connectivity index (χ1n) is 10.4. The molecule has 0 saturated carbocycles. The number of nitrogens with zero attached hydrogens (tertiary/aromatic N) is 2. The van der Waals surface area contributed by atoms with Crippen LogP contribution in [0.15, 0.2) is 41.8 Å². The van der Waals surface area contributed by atoms with Gasteiger partial charge in [-0.25, -0.2) is 0 Å². The van der Waals surface area contributed by atoms with E-state index in [1.807, 2.05) is 0 Å². The summed E-state index contributed by atoms with van der Waals surface area (Å²) in [5, 5.41) is 25.4. The molecular formula is C24H24Cl2N4O5. The first kappa shape index (κ1) is 26.0. The van der Waals surface area contributed by atoms with Crippen molar-refractivity contribution in [3.63, 3.8) is 0 Å². The van der Waals surface area contributed by atoms with Crippen LogP contribution in [0.5, 0.6) is 23.1 Å². The number of nitriles is 1. The van der Waals surface area contributed by atoms with Gasteiger partial charge >= 0.3 is 0 Å². The van der Waals surface area contributed by atoms with Crippen LogP contribution < -0.4 is 24.7 Å². The van der Waals surface area contributed by atoms with Gasteiger partial charge in [0.1, 0.15) is 11.6 Å². The van der Waals surface area contributed by atoms with E-state index < -0.39 is 5.92 Å². The number of H-pyrrole nitrogens is 1. The van der Waals surface area contributed by atoms with Crippen LogP contribution in [0.2, 0.25) is 10.0 Å². The Bertz CT molecular complexity index is 1270. The summed E-state index contributed by atoms with van der Waals surface area (Å²) in [6, 6.07) is 10.8. The lowest BCUT2D eigenvalue weighted by Gasteiger charge is -2.24. The maximum Gasteiger partial charge on any atom is 0.244 e. The zero-order chi connectivity index (χ0) is 25.7. The number of nitrogens with one attached hydrogen (secondary N) is 1. The zero-order valence-corrected chi connectivity index (χ0v) is 21.0. The van der Waals surface area contributed by atoms with E-state index in [1.54, 1.807) is 37.3 Å². The van der Waals surface area contributed by atoms with Gasteiger partial charge in [-0.2, -0.15) is 5.26 Å². The third-order valence-electron chi connectivity index (χ3n) is 5.17. The molecule has 2 heterocycles. The second kappa shape index (κ2) is 11.2. The van der Waals surface area contributed by atoms with Crippen molar-refractivity contribution in [2.24, 2.45) is 5.73 Å². The Balaban J connectivity index is 0.00000108. The molecule has 1 aliphatic rings. The molecular weight excluding hydrogens is 495 g/mol. The van der Waals surface area contributed by atoms with E-state index in [1.165, 1.54) is 21.3 Å². The number of aromatic amines is 1. The van der Waals surface area contributed by atoms with Crippen LogP contribution in [0, 0.1) is 11.3 Å². The lowest BCUT2D eigenvalue weighted by Crippen LogP contribution is -2.21. The van der Waals surface area contributed by atoms with Crippen LogP contribution in [-0.2, 0) is 0 Å². The van der Waals surface area contributed by atoms with Gasteiger partial charge in [0.05, 0.1) is 48.5 Å². The summed E-state index contributed by atoms with van der Waals surface area (Å²) in [5.41, 5.74) is 8.86. The number of nitrogens with two attached hydrogens (primary N) is 1. The minimum atomic E-state index is -0.591. The fraction of sp³-hybridized carbons (Fsp3) is 0.250. The molecule has 0 saturated heterocycles. The van der Waals surface area contributed by atoms with Gasteiger partial charge in [0.15, 0.2) is 11.5 Å². The monoisotopic (exact) mass is 518 g/mol. The van der Waals surface area contributed by atoms with Gasteiger partial charge in [0, 0.05) is 12.2 Å². The minimum Gasteiger partial charge on any atom is -0.493 e. The number of ether oxygens (including phenoxy) is 4. The molecule has 0 bridgehead atoms. The highest BCUT2D eigenvalue weighted by molar-refractivity contribution is 6.42. The Morgan fingerprint density at radius 1 is 1.11 bits per heavy atom. The zero-order valence-electron chi connectivity index (χ0n) is 19.5. The molecule has 11 heteroatoms. The number of halogens is 2. The van der Waals surface area contributed by atoms with Crippen LogP contribution in [0.3, 0.4) is 0 Å². The highest BCUT2D eigenvalue weighted by atomic mass is 35.5. The molecule has 0 spiro atoms. The molecule has 0 radical (unpaired) electrons. The van der Waals surface area contributed by atoms with E-state index in [2.05, 4.69) is 16.3 Å². The van der Waals surface area contributed by atoms with Crippen LogP contribution in [0.4, 0.5) is 0 Å². The maximum absolute atomic E-state index is 9.86. The number of methoxy groups -OCH3 is 3. The van der Waals surface area contributed by atoms with Crippen molar-refractivity contribution in [1.82, 2.24) is 10.2 Å². The minimum absolute atomic E-state index is 0.0287. The Labute approximate surface area is 212 Å². The Morgan fingerprint density at radius 3 is 2.26 bits per heavy atom. The Hall–Kier alpha value is -3.58. The first-order valence-corrected chi connectivity index (χ1v) is 11.1. The van der Waals surface area contributed by atoms with E-state index in [0.29, 0.717) is 49.7 Å². The van der Waals surface area contributed by atoms with Gasteiger partial charge in [-0.3, -0.25) is 5.10 Å². The molecule has 0 amide bonds. The lowest BCUT2D eigenvalue weighted by molar-refractivity contribution is 0.318. The summed E-state index contributed by atoms with van der Waals surface area (Å²) in [5.74, 6) is 1.00. The molecule has 9 nitrogen and oxygen atoms in total. The second-order valence-electron chi connectivity index (χ2n) is 7.15. The number of fused-ring (bicyclic) bond motifs is 1. The summed E-state index contributed by atoms with van der Waals surface area (Å²) < 4.78 is 22.0. The molecule has 4 rings (SSSR count). The average molecular weight is 519 g/mol. The van der Waals surface area contributed by atoms with E-state index in [0.717, 1.165) is 0 Å². The number of allylic oxidation sites excluding steroid dienone is 1. The fourth-order valence-electron chi connectivity index (χ4n) is 3.72. The third kappa shape index (κ3) is 4.95.